The molecule has 0 aliphatic carbocycles. The third kappa shape index (κ3) is 15.4. The van der Waals surface area contributed by atoms with Gasteiger partial charge in [0, 0.05) is 6.54 Å². The predicted molar refractivity (Wildman–Crippen MR) is 100 cm³/mol. The fourth-order valence-corrected chi connectivity index (χ4v) is 4.19. The molecule has 140 valence electrons. The van der Waals surface area contributed by atoms with E-state index in [2.05, 4.69) is 12.2 Å². The smallest absolute Gasteiger partial charge is 0.316 e. The van der Waals surface area contributed by atoms with Gasteiger partial charge in [-0.3, -0.25) is 4.57 Å². The zero-order valence-corrected chi connectivity index (χ0v) is 16.7. The van der Waals surface area contributed by atoms with E-state index in [1.165, 1.54) is 64.2 Å². The summed E-state index contributed by atoms with van der Waals surface area (Å²) in [6.07, 6.45) is 14.0. The summed E-state index contributed by atoms with van der Waals surface area (Å²) >= 11 is 0. The van der Waals surface area contributed by atoms with Crippen molar-refractivity contribution in [1.29, 1.82) is 0 Å². The number of hydrogen-bond acceptors (Lipinski definition) is 4. The van der Waals surface area contributed by atoms with Crippen molar-refractivity contribution in [3.8, 4) is 0 Å². The van der Waals surface area contributed by atoms with Gasteiger partial charge in [-0.15, -0.1) is 0 Å². The lowest BCUT2D eigenvalue weighted by Gasteiger charge is -2.17. The molecule has 0 unspecified atom stereocenters. The molecule has 0 aliphatic rings. The molecule has 0 radical (unpaired) electrons. The Balaban J connectivity index is 3.34. The first-order chi connectivity index (χ1) is 11.2. The van der Waals surface area contributed by atoms with E-state index in [1.54, 1.807) is 0 Å². The molecule has 0 fully saturated rings. The van der Waals surface area contributed by atoms with E-state index in [-0.39, 0.29) is 0 Å². The first-order valence-electron chi connectivity index (χ1n) is 9.77. The Hall–Kier alpha value is 0.110. The third-order valence-electron chi connectivity index (χ3n) is 3.92. The minimum Gasteiger partial charge on any atom is -0.316 e. The summed E-state index contributed by atoms with van der Waals surface area (Å²) in [6.45, 7) is 8.54. The lowest BCUT2D eigenvalue weighted by molar-refractivity contribution is 0.220. The number of unbranched alkanes of at least 4 members (excludes halogenated alkanes) is 9. The Morgan fingerprint density at radius 2 is 1.17 bits per heavy atom. The summed E-state index contributed by atoms with van der Waals surface area (Å²) < 4.78 is 22.8. The Labute approximate surface area is 144 Å². The average Bonchev–Trinajstić information content (AvgIpc) is 2.52. The van der Waals surface area contributed by atoms with Gasteiger partial charge in [-0.2, -0.15) is 0 Å². The maximum absolute atomic E-state index is 12.2. The molecule has 0 aromatic rings. The number of hydrogen-bond donors (Lipinski definition) is 1. The van der Waals surface area contributed by atoms with Gasteiger partial charge in [-0.05, 0) is 26.8 Å². The Morgan fingerprint density at radius 1 is 0.696 bits per heavy atom. The summed E-state index contributed by atoms with van der Waals surface area (Å²) in [5.74, 6) is 0. The second kappa shape index (κ2) is 17.0. The highest BCUT2D eigenvalue weighted by atomic mass is 31.2. The monoisotopic (exact) mass is 349 g/mol. The average molecular weight is 349 g/mol. The highest BCUT2D eigenvalue weighted by Gasteiger charge is 2.22. The highest BCUT2D eigenvalue weighted by Crippen LogP contribution is 2.47. The minimum atomic E-state index is -2.86. The summed E-state index contributed by atoms with van der Waals surface area (Å²) in [6, 6.07) is 0. The first-order valence-corrected chi connectivity index (χ1v) is 11.5. The van der Waals surface area contributed by atoms with Gasteiger partial charge in [0.05, 0.1) is 19.4 Å². The standard InChI is InChI=1S/C18H40NO3P/c1-4-7-8-9-10-11-12-13-14-15-16-19-17-18-23(20,21-5-2)22-6-3/h19H,4-18H2,1-3H3. The first kappa shape index (κ1) is 23.1. The van der Waals surface area contributed by atoms with Crippen LogP contribution in [-0.2, 0) is 13.6 Å². The van der Waals surface area contributed by atoms with Crippen LogP contribution in [0.1, 0.15) is 85.0 Å². The van der Waals surface area contributed by atoms with Crippen molar-refractivity contribution in [1.82, 2.24) is 5.32 Å². The summed E-state index contributed by atoms with van der Waals surface area (Å²) in [7, 11) is -2.86. The van der Waals surface area contributed by atoms with Crippen LogP contribution in [0, 0.1) is 0 Å². The summed E-state index contributed by atoms with van der Waals surface area (Å²) in [5.41, 5.74) is 0. The highest BCUT2D eigenvalue weighted by molar-refractivity contribution is 7.53. The van der Waals surface area contributed by atoms with E-state index in [0.29, 0.717) is 25.9 Å². The molecule has 4 nitrogen and oxygen atoms in total. The molecular formula is C18H40NO3P. The fraction of sp³-hybridized carbons (Fsp3) is 1.00. The van der Waals surface area contributed by atoms with Crippen LogP contribution < -0.4 is 5.32 Å². The van der Waals surface area contributed by atoms with E-state index in [1.807, 2.05) is 13.8 Å². The fourth-order valence-electron chi connectivity index (χ4n) is 2.64. The van der Waals surface area contributed by atoms with Gasteiger partial charge in [0.25, 0.3) is 0 Å². The molecule has 0 saturated carbocycles. The SMILES string of the molecule is CCCCCCCCCCCCNCCP(=O)(OCC)OCC. The van der Waals surface area contributed by atoms with Gasteiger partial charge in [0.1, 0.15) is 0 Å². The van der Waals surface area contributed by atoms with Crippen LogP contribution >= 0.6 is 7.60 Å². The van der Waals surface area contributed by atoms with Gasteiger partial charge < -0.3 is 14.4 Å². The zero-order valence-electron chi connectivity index (χ0n) is 15.8. The normalized spacial score (nSPS) is 12.0. The largest absolute Gasteiger partial charge is 0.331 e. The van der Waals surface area contributed by atoms with Crippen molar-refractivity contribution in [2.45, 2.75) is 85.0 Å². The maximum atomic E-state index is 12.2. The molecule has 0 amide bonds. The van der Waals surface area contributed by atoms with Crippen molar-refractivity contribution in [2.24, 2.45) is 0 Å². The molecule has 0 saturated heterocycles. The van der Waals surface area contributed by atoms with Gasteiger partial charge in [0.2, 0.25) is 0 Å². The quantitative estimate of drug-likeness (QED) is 0.252. The van der Waals surface area contributed by atoms with Crippen LogP contribution in [0.3, 0.4) is 0 Å². The number of rotatable bonds is 18. The van der Waals surface area contributed by atoms with E-state index >= 15 is 0 Å². The molecule has 5 heteroatoms. The van der Waals surface area contributed by atoms with Crippen molar-refractivity contribution in [3.05, 3.63) is 0 Å². The maximum Gasteiger partial charge on any atom is 0.331 e. The molecule has 0 bridgehead atoms. The Kier molecular flexibility index (Phi) is 17.0. The molecular weight excluding hydrogens is 309 g/mol. The third-order valence-corrected chi connectivity index (χ3v) is 6.00. The van der Waals surface area contributed by atoms with E-state index in [4.69, 9.17) is 9.05 Å². The second-order valence-electron chi connectivity index (χ2n) is 6.10. The topological polar surface area (TPSA) is 47.6 Å². The molecule has 0 heterocycles. The van der Waals surface area contributed by atoms with Gasteiger partial charge in [-0.1, -0.05) is 64.7 Å². The van der Waals surface area contributed by atoms with Crippen LogP contribution in [0.5, 0.6) is 0 Å². The van der Waals surface area contributed by atoms with Crippen LogP contribution in [0.4, 0.5) is 0 Å². The van der Waals surface area contributed by atoms with Gasteiger partial charge >= 0.3 is 7.60 Å². The summed E-state index contributed by atoms with van der Waals surface area (Å²) in [5, 5.41) is 3.35. The molecule has 0 atom stereocenters. The molecule has 1 N–H and O–H groups in total. The predicted octanol–water partition coefficient (Wildman–Crippen LogP) is 5.76. The van der Waals surface area contributed by atoms with Crippen LogP contribution in [0.25, 0.3) is 0 Å². The summed E-state index contributed by atoms with van der Waals surface area (Å²) in [4.78, 5) is 0. The van der Waals surface area contributed by atoms with Crippen molar-refractivity contribution < 1.29 is 13.6 Å². The van der Waals surface area contributed by atoms with Crippen LogP contribution in [-0.4, -0.2) is 32.5 Å². The molecule has 23 heavy (non-hydrogen) atoms. The Morgan fingerprint density at radius 3 is 1.65 bits per heavy atom. The van der Waals surface area contributed by atoms with E-state index < -0.39 is 7.60 Å². The van der Waals surface area contributed by atoms with E-state index in [0.717, 1.165) is 6.54 Å². The lowest BCUT2D eigenvalue weighted by atomic mass is 10.1. The molecule has 0 spiro atoms. The van der Waals surface area contributed by atoms with Crippen LogP contribution in [0.15, 0.2) is 0 Å². The molecule has 0 aliphatic heterocycles. The molecule has 0 rings (SSSR count). The Bertz CT molecular complexity index is 277. The minimum absolute atomic E-state index is 0.440. The van der Waals surface area contributed by atoms with Crippen molar-refractivity contribution >= 4 is 7.60 Å². The molecule has 0 aromatic heterocycles. The lowest BCUT2D eigenvalue weighted by Crippen LogP contribution is -2.20. The number of nitrogens with one attached hydrogen (secondary N) is 1. The van der Waals surface area contributed by atoms with Crippen molar-refractivity contribution in [2.75, 3.05) is 32.5 Å². The molecule has 0 aromatic carbocycles. The van der Waals surface area contributed by atoms with Gasteiger partial charge in [-0.25, -0.2) is 0 Å². The zero-order chi connectivity index (χ0) is 17.2. The van der Waals surface area contributed by atoms with Crippen molar-refractivity contribution in [3.63, 3.8) is 0 Å². The van der Waals surface area contributed by atoms with Crippen LogP contribution in [0.2, 0.25) is 0 Å². The second-order valence-corrected chi connectivity index (χ2v) is 8.29. The van der Waals surface area contributed by atoms with E-state index in [9.17, 15) is 4.57 Å². The van der Waals surface area contributed by atoms with Gasteiger partial charge in [0.15, 0.2) is 0 Å².